The molecule has 224 valence electrons. The molecule has 0 radical (unpaired) electrons. The molecule has 1 heterocycles. The van der Waals surface area contributed by atoms with Crippen molar-refractivity contribution in [3.8, 4) is 0 Å². The third kappa shape index (κ3) is 11.0. The molecule has 0 aliphatic heterocycles. The van der Waals surface area contributed by atoms with E-state index in [-0.39, 0.29) is 11.7 Å². The van der Waals surface area contributed by atoms with Gasteiger partial charge in [0, 0.05) is 49.7 Å². The number of amides is 1. The quantitative estimate of drug-likeness (QED) is 0.143. The summed E-state index contributed by atoms with van der Waals surface area (Å²) in [6.45, 7) is 5.82. The summed E-state index contributed by atoms with van der Waals surface area (Å²) < 4.78 is 32.1. The predicted molar refractivity (Wildman–Crippen MR) is 164 cm³/mol. The molecular formula is C34H42FN3O4. The Morgan fingerprint density at radius 3 is 2.21 bits per heavy atom. The molecule has 2 N–H and O–H groups in total. The molecule has 0 aliphatic carbocycles. The Hall–Kier alpha value is -3.56. The van der Waals surface area contributed by atoms with E-state index in [1.165, 1.54) is 28.6 Å². The summed E-state index contributed by atoms with van der Waals surface area (Å²) in [5.74, 6) is -0.154. The molecule has 8 heteroatoms. The van der Waals surface area contributed by atoms with E-state index in [9.17, 15) is 9.18 Å². The Morgan fingerprint density at radius 2 is 1.45 bits per heavy atom. The molecule has 0 atom stereocenters. The second kappa shape index (κ2) is 18.1. The standard InChI is InChI=1S/C34H42FN3O4/c35-31-14-12-29(13-15-31)27-38-19-16-32-30(9-5-10-33(32)38)26-36-17-20-40-22-24-42-25-23-41-21-18-37-34(39)11-4-8-28-6-2-1-3-7-28/h1-3,5-7,9-10,12-16,19,36H,4,8,11,17-18,20-27H2,(H,37,39). The summed E-state index contributed by atoms with van der Waals surface area (Å²) >= 11 is 0. The molecule has 4 aromatic rings. The lowest BCUT2D eigenvalue weighted by molar-refractivity contribution is -0.121. The molecule has 1 amide bonds. The zero-order chi connectivity index (χ0) is 29.2. The third-order valence-electron chi connectivity index (χ3n) is 6.93. The van der Waals surface area contributed by atoms with Gasteiger partial charge in [0.25, 0.3) is 0 Å². The lowest BCUT2D eigenvalue weighted by Crippen LogP contribution is -2.27. The van der Waals surface area contributed by atoms with Crippen molar-refractivity contribution in [3.05, 3.63) is 108 Å². The number of nitrogens with zero attached hydrogens (tertiary/aromatic N) is 1. The number of halogens is 1. The highest BCUT2D eigenvalue weighted by molar-refractivity contribution is 5.83. The van der Waals surface area contributed by atoms with Crippen LogP contribution in [-0.4, -0.2) is 63.2 Å². The smallest absolute Gasteiger partial charge is 0.220 e. The second-order valence-corrected chi connectivity index (χ2v) is 10.1. The van der Waals surface area contributed by atoms with Crippen LogP contribution in [0.5, 0.6) is 0 Å². The number of fused-ring (bicyclic) bond motifs is 1. The van der Waals surface area contributed by atoms with Crippen LogP contribution >= 0.6 is 0 Å². The minimum Gasteiger partial charge on any atom is -0.378 e. The van der Waals surface area contributed by atoms with Gasteiger partial charge in [-0.2, -0.15) is 0 Å². The van der Waals surface area contributed by atoms with E-state index >= 15 is 0 Å². The number of aryl methyl sites for hydroxylation is 1. The summed E-state index contributed by atoms with van der Waals surface area (Å²) in [4.78, 5) is 11.9. The number of nitrogens with one attached hydrogen (secondary N) is 2. The second-order valence-electron chi connectivity index (χ2n) is 10.1. The Balaban J connectivity index is 0.963. The summed E-state index contributed by atoms with van der Waals surface area (Å²) in [6.07, 6.45) is 4.36. The molecule has 0 spiro atoms. The summed E-state index contributed by atoms with van der Waals surface area (Å²) in [5, 5.41) is 7.56. The topological polar surface area (TPSA) is 73.8 Å². The molecule has 4 rings (SSSR count). The molecule has 3 aromatic carbocycles. The first-order valence-electron chi connectivity index (χ1n) is 14.7. The highest BCUT2D eigenvalue weighted by atomic mass is 19.1. The van der Waals surface area contributed by atoms with Gasteiger partial charge in [0.05, 0.1) is 39.6 Å². The van der Waals surface area contributed by atoms with E-state index in [0.29, 0.717) is 59.2 Å². The zero-order valence-electron chi connectivity index (χ0n) is 24.2. The van der Waals surface area contributed by atoms with Crippen molar-refractivity contribution in [1.82, 2.24) is 15.2 Å². The Bertz CT molecular complexity index is 1330. The van der Waals surface area contributed by atoms with Crippen molar-refractivity contribution >= 4 is 16.8 Å². The molecule has 7 nitrogen and oxygen atoms in total. The van der Waals surface area contributed by atoms with Gasteiger partial charge in [0.2, 0.25) is 5.91 Å². The van der Waals surface area contributed by atoms with Crippen LogP contribution in [0, 0.1) is 5.82 Å². The first-order chi connectivity index (χ1) is 20.7. The molecule has 0 unspecified atom stereocenters. The maximum atomic E-state index is 13.2. The number of aromatic nitrogens is 1. The average molecular weight is 576 g/mol. The summed E-state index contributed by atoms with van der Waals surface area (Å²) in [5.41, 5.74) is 4.72. The highest BCUT2D eigenvalue weighted by Gasteiger charge is 2.07. The van der Waals surface area contributed by atoms with Crippen LogP contribution in [0.15, 0.2) is 85.1 Å². The van der Waals surface area contributed by atoms with Crippen LogP contribution in [0.25, 0.3) is 10.9 Å². The van der Waals surface area contributed by atoms with Crippen LogP contribution in [0.3, 0.4) is 0 Å². The van der Waals surface area contributed by atoms with Crippen LogP contribution < -0.4 is 10.6 Å². The van der Waals surface area contributed by atoms with Gasteiger partial charge in [-0.3, -0.25) is 4.79 Å². The van der Waals surface area contributed by atoms with Gasteiger partial charge in [-0.25, -0.2) is 4.39 Å². The third-order valence-corrected chi connectivity index (χ3v) is 6.93. The number of hydrogen-bond acceptors (Lipinski definition) is 5. The van der Waals surface area contributed by atoms with Crippen molar-refractivity contribution in [2.75, 3.05) is 52.7 Å². The van der Waals surface area contributed by atoms with E-state index in [4.69, 9.17) is 14.2 Å². The fourth-order valence-corrected chi connectivity index (χ4v) is 4.72. The first kappa shape index (κ1) is 31.4. The summed E-state index contributed by atoms with van der Waals surface area (Å²) in [7, 11) is 0. The monoisotopic (exact) mass is 575 g/mol. The van der Waals surface area contributed by atoms with Gasteiger partial charge in [-0.1, -0.05) is 54.6 Å². The number of hydrogen-bond donors (Lipinski definition) is 2. The Morgan fingerprint density at radius 1 is 0.738 bits per heavy atom. The number of benzene rings is 3. The van der Waals surface area contributed by atoms with Crippen molar-refractivity contribution in [1.29, 1.82) is 0 Å². The molecule has 0 aliphatic rings. The fraction of sp³-hybridized carbons (Fsp3) is 0.382. The van der Waals surface area contributed by atoms with E-state index in [0.717, 1.165) is 37.0 Å². The SMILES string of the molecule is O=C(CCCc1ccccc1)NCCOCCOCCOCCNCc1cccc2c1ccn2Cc1ccc(F)cc1. The molecule has 1 aromatic heterocycles. The Labute approximate surface area is 248 Å². The van der Waals surface area contributed by atoms with Gasteiger partial charge in [0.15, 0.2) is 0 Å². The zero-order valence-corrected chi connectivity index (χ0v) is 24.2. The first-order valence-corrected chi connectivity index (χ1v) is 14.7. The Kier molecular flexibility index (Phi) is 13.5. The molecule has 42 heavy (non-hydrogen) atoms. The molecule has 0 bridgehead atoms. The highest BCUT2D eigenvalue weighted by Crippen LogP contribution is 2.21. The van der Waals surface area contributed by atoms with Crippen molar-refractivity contribution in [3.63, 3.8) is 0 Å². The average Bonchev–Trinajstić information content (AvgIpc) is 3.42. The molecule has 0 saturated heterocycles. The minimum atomic E-state index is -0.216. The normalized spacial score (nSPS) is 11.3. The maximum Gasteiger partial charge on any atom is 0.220 e. The minimum absolute atomic E-state index is 0.0621. The molecule has 0 fully saturated rings. The summed E-state index contributed by atoms with van der Waals surface area (Å²) in [6, 6.07) is 25.3. The molecule has 0 saturated carbocycles. The van der Waals surface area contributed by atoms with E-state index in [1.807, 2.05) is 30.3 Å². The largest absolute Gasteiger partial charge is 0.378 e. The number of carbonyl (C=O) groups is 1. The van der Waals surface area contributed by atoms with Crippen LogP contribution in [0.2, 0.25) is 0 Å². The lowest BCUT2D eigenvalue weighted by Gasteiger charge is -2.10. The number of ether oxygens (including phenoxy) is 3. The molecular weight excluding hydrogens is 533 g/mol. The lowest BCUT2D eigenvalue weighted by atomic mass is 10.1. The van der Waals surface area contributed by atoms with Gasteiger partial charge in [0.1, 0.15) is 5.82 Å². The number of rotatable bonds is 20. The predicted octanol–water partition coefficient (Wildman–Crippen LogP) is 5.11. The van der Waals surface area contributed by atoms with E-state index in [1.54, 1.807) is 0 Å². The van der Waals surface area contributed by atoms with E-state index < -0.39 is 0 Å². The fourth-order valence-electron chi connectivity index (χ4n) is 4.72. The number of carbonyl (C=O) groups excluding carboxylic acids is 1. The van der Waals surface area contributed by atoms with Gasteiger partial charge >= 0.3 is 0 Å². The van der Waals surface area contributed by atoms with Crippen LogP contribution in [-0.2, 0) is 38.5 Å². The van der Waals surface area contributed by atoms with Crippen LogP contribution in [0.1, 0.15) is 29.5 Å². The van der Waals surface area contributed by atoms with Crippen molar-refractivity contribution in [2.24, 2.45) is 0 Å². The van der Waals surface area contributed by atoms with Gasteiger partial charge in [-0.05, 0) is 53.8 Å². The van der Waals surface area contributed by atoms with Crippen LogP contribution in [0.4, 0.5) is 4.39 Å². The van der Waals surface area contributed by atoms with Crippen molar-refractivity contribution < 1.29 is 23.4 Å². The van der Waals surface area contributed by atoms with Gasteiger partial charge < -0.3 is 29.4 Å². The maximum absolute atomic E-state index is 13.2. The van der Waals surface area contributed by atoms with E-state index in [2.05, 4.69) is 57.8 Å². The van der Waals surface area contributed by atoms with Gasteiger partial charge in [-0.15, -0.1) is 0 Å². The van der Waals surface area contributed by atoms with Crippen molar-refractivity contribution in [2.45, 2.75) is 32.4 Å².